The van der Waals surface area contributed by atoms with Gasteiger partial charge in [-0.1, -0.05) is 53.9 Å². The molecule has 0 heterocycles. The molecule has 0 N–H and O–H groups in total. The van der Waals surface area contributed by atoms with Crippen molar-refractivity contribution in [3.8, 4) is 11.8 Å². The zero-order chi connectivity index (χ0) is 19.4. The Bertz CT molecular complexity index is 704. The van der Waals surface area contributed by atoms with Crippen LogP contribution in [-0.4, -0.2) is 6.61 Å². The van der Waals surface area contributed by atoms with Crippen LogP contribution in [0.3, 0.4) is 0 Å². The molecule has 0 atom stereocenters. The minimum atomic E-state index is 0.159. The van der Waals surface area contributed by atoms with Crippen LogP contribution >= 0.6 is 0 Å². The molecule has 0 fully saturated rings. The van der Waals surface area contributed by atoms with Crippen LogP contribution in [0.4, 0.5) is 0 Å². The molecule has 26 heavy (non-hydrogen) atoms. The van der Waals surface area contributed by atoms with Gasteiger partial charge in [0.05, 0.1) is 12.7 Å². The Labute approximate surface area is 160 Å². The van der Waals surface area contributed by atoms with Crippen molar-refractivity contribution >= 4 is 5.57 Å². The number of rotatable bonds is 7. The predicted molar refractivity (Wildman–Crippen MR) is 111 cm³/mol. The highest BCUT2D eigenvalue weighted by Crippen LogP contribution is 2.48. The molecule has 1 aromatic rings. The molecule has 0 bridgehead atoms. The molecule has 1 aliphatic carbocycles. The van der Waals surface area contributed by atoms with Crippen molar-refractivity contribution < 1.29 is 4.74 Å². The number of fused-ring (bicyclic) bond motifs is 1. The van der Waals surface area contributed by atoms with E-state index in [1.165, 1.54) is 43.2 Å². The van der Waals surface area contributed by atoms with Gasteiger partial charge in [0.15, 0.2) is 0 Å². The van der Waals surface area contributed by atoms with Crippen molar-refractivity contribution in [2.75, 3.05) is 6.61 Å². The summed E-state index contributed by atoms with van der Waals surface area (Å²) in [5.74, 6) is 0.940. The third-order valence-corrected chi connectivity index (χ3v) is 5.91. The van der Waals surface area contributed by atoms with E-state index in [0.29, 0.717) is 0 Å². The lowest BCUT2D eigenvalue weighted by Crippen LogP contribution is -2.34. The van der Waals surface area contributed by atoms with E-state index < -0.39 is 0 Å². The van der Waals surface area contributed by atoms with Crippen molar-refractivity contribution in [2.45, 2.75) is 90.9 Å². The van der Waals surface area contributed by atoms with Crippen LogP contribution in [0.25, 0.3) is 5.57 Å². The second-order valence-electron chi connectivity index (χ2n) is 9.03. The number of unbranched alkanes of at least 4 members (excludes halogenated alkanes) is 3. The third kappa shape index (κ3) is 4.50. The fourth-order valence-corrected chi connectivity index (χ4v) is 3.91. The van der Waals surface area contributed by atoms with Crippen molar-refractivity contribution in [3.63, 3.8) is 0 Å². The molecule has 0 unspecified atom stereocenters. The lowest BCUT2D eigenvalue weighted by atomic mass is 9.62. The van der Waals surface area contributed by atoms with Gasteiger partial charge in [-0.2, -0.15) is 5.26 Å². The topological polar surface area (TPSA) is 33.0 Å². The number of hydrogen-bond acceptors (Lipinski definition) is 2. The van der Waals surface area contributed by atoms with E-state index in [1.54, 1.807) is 6.08 Å². The molecule has 2 rings (SSSR count). The van der Waals surface area contributed by atoms with Crippen LogP contribution in [-0.2, 0) is 10.8 Å². The number of nitriles is 1. The lowest BCUT2D eigenvalue weighted by molar-refractivity contribution is 0.297. The summed E-state index contributed by atoms with van der Waals surface area (Å²) in [6, 6.07) is 6.73. The number of benzene rings is 1. The van der Waals surface area contributed by atoms with E-state index in [4.69, 9.17) is 10.00 Å². The van der Waals surface area contributed by atoms with E-state index in [2.05, 4.69) is 52.8 Å². The summed E-state index contributed by atoms with van der Waals surface area (Å²) in [6.45, 7) is 14.3. The molecule has 0 aliphatic heterocycles. The molecule has 1 aromatic carbocycles. The Morgan fingerprint density at radius 1 is 1.08 bits per heavy atom. The molecular weight excluding hydrogens is 318 g/mol. The zero-order valence-electron chi connectivity index (χ0n) is 17.5. The molecule has 0 amide bonds. The summed E-state index contributed by atoms with van der Waals surface area (Å²) in [4.78, 5) is 0. The number of ether oxygens (including phenoxy) is 1. The lowest BCUT2D eigenvalue weighted by Gasteiger charge is -2.42. The van der Waals surface area contributed by atoms with Crippen LogP contribution in [0.2, 0.25) is 0 Å². The summed E-state index contributed by atoms with van der Waals surface area (Å²) in [7, 11) is 0. The van der Waals surface area contributed by atoms with Gasteiger partial charge in [0.25, 0.3) is 0 Å². The van der Waals surface area contributed by atoms with Gasteiger partial charge in [-0.25, -0.2) is 0 Å². The Morgan fingerprint density at radius 3 is 2.27 bits per heavy atom. The minimum Gasteiger partial charge on any atom is -0.493 e. The SMILES string of the molecule is CCCCCCOc1cc2c(cc1/C(C)=C\C#N)C(C)(C)CCC2(C)C. The summed E-state index contributed by atoms with van der Waals surface area (Å²) >= 11 is 0. The van der Waals surface area contributed by atoms with Crippen molar-refractivity contribution in [2.24, 2.45) is 0 Å². The average molecular weight is 354 g/mol. The smallest absolute Gasteiger partial charge is 0.127 e. The van der Waals surface area contributed by atoms with Gasteiger partial charge >= 0.3 is 0 Å². The van der Waals surface area contributed by atoms with Gasteiger partial charge in [0.1, 0.15) is 5.75 Å². The van der Waals surface area contributed by atoms with Crippen LogP contribution < -0.4 is 4.74 Å². The van der Waals surface area contributed by atoms with E-state index in [1.807, 2.05) is 6.92 Å². The van der Waals surface area contributed by atoms with Gasteiger partial charge in [-0.3, -0.25) is 0 Å². The molecule has 0 aromatic heterocycles. The van der Waals surface area contributed by atoms with Crippen LogP contribution in [0, 0.1) is 11.3 Å². The highest BCUT2D eigenvalue weighted by molar-refractivity contribution is 5.73. The van der Waals surface area contributed by atoms with E-state index in [0.717, 1.165) is 29.9 Å². The third-order valence-electron chi connectivity index (χ3n) is 5.91. The first-order valence-corrected chi connectivity index (χ1v) is 10.1. The van der Waals surface area contributed by atoms with E-state index in [9.17, 15) is 0 Å². The van der Waals surface area contributed by atoms with E-state index >= 15 is 0 Å². The fraction of sp³-hybridized carbons (Fsp3) is 0.625. The summed E-state index contributed by atoms with van der Waals surface area (Å²) in [6.07, 6.45) is 8.79. The summed E-state index contributed by atoms with van der Waals surface area (Å²) < 4.78 is 6.23. The Kier molecular flexibility index (Phi) is 6.56. The Hall–Kier alpha value is -1.75. The summed E-state index contributed by atoms with van der Waals surface area (Å²) in [5, 5.41) is 9.12. The van der Waals surface area contributed by atoms with Gasteiger partial charge < -0.3 is 4.74 Å². The second kappa shape index (κ2) is 8.30. The highest BCUT2D eigenvalue weighted by Gasteiger charge is 2.38. The number of nitrogens with zero attached hydrogens (tertiary/aromatic N) is 1. The summed E-state index contributed by atoms with van der Waals surface area (Å²) in [5.41, 5.74) is 5.20. The van der Waals surface area contributed by atoms with Gasteiger partial charge in [-0.15, -0.1) is 0 Å². The maximum absolute atomic E-state index is 9.12. The maximum atomic E-state index is 9.12. The molecule has 2 heteroatoms. The van der Waals surface area contributed by atoms with Crippen molar-refractivity contribution in [3.05, 3.63) is 34.9 Å². The normalized spacial score (nSPS) is 18.1. The van der Waals surface area contributed by atoms with E-state index in [-0.39, 0.29) is 10.8 Å². The van der Waals surface area contributed by atoms with Crippen molar-refractivity contribution in [1.29, 1.82) is 5.26 Å². The first-order chi connectivity index (χ1) is 12.2. The van der Waals surface area contributed by atoms with Crippen LogP contribution in [0.1, 0.15) is 96.8 Å². The van der Waals surface area contributed by atoms with Crippen molar-refractivity contribution in [1.82, 2.24) is 0 Å². The number of hydrogen-bond donors (Lipinski definition) is 0. The standard InChI is InChI=1S/C24H35NO/c1-7-8-9-10-15-26-22-17-21-20(16-19(22)18(2)11-14-25)23(3,4)12-13-24(21,5)6/h11,16-17H,7-10,12-13,15H2,1-6H3/b18-11-. The Balaban J connectivity index is 2.45. The second-order valence-corrected chi connectivity index (χ2v) is 9.03. The largest absolute Gasteiger partial charge is 0.493 e. The first-order valence-electron chi connectivity index (χ1n) is 10.1. The van der Waals surface area contributed by atoms with Gasteiger partial charge in [0, 0.05) is 11.6 Å². The molecule has 142 valence electrons. The van der Waals surface area contributed by atoms with Crippen LogP contribution in [0.15, 0.2) is 18.2 Å². The van der Waals surface area contributed by atoms with Crippen LogP contribution in [0.5, 0.6) is 5.75 Å². The molecule has 2 nitrogen and oxygen atoms in total. The molecule has 0 saturated heterocycles. The zero-order valence-corrected chi connectivity index (χ0v) is 17.5. The molecule has 0 radical (unpaired) electrons. The molecule has 1 aliphatic rings. The van der Waals surface area contributed by atoms with Gasteiger partial charge in [0.2, 0.25) is 0 Å². The molecule has 0 spiro atoms. The minimum absolute atomic E-state index is 0.159. The fourth-order valence-electron chi connectivity index (χ4n) is 3.91. The highest BCUT2D eigenvalue weighted by atomic mass is 16.5. The average Bonchev–Trinajstić information content (AvgIpc) is 2.58. The van der Waals surface area contributed by atoms with Gasteiger partial charge in [-0.05, 0) is 65.8 Å². The molecular formula is C24H35NO. The first kappa shape index (κ1) is 20.6. The maximum Gasteiger partial charge on any atom is 0.127 e. The monoisotopic (exact) mass is 353 g/mol. The predicted octanol–water partition coefficient (Wildman–Crippen LogP) is 6.92. The number of allylic oxidation sites excluding steroid dienone is 2. The quantitative estimate of drug-likeness (QED) is 0.393. The Morgan fingerprint density at radius 2 is 1.69 bits per heavy atom. The molecule has 0 saturated carbocycles.